The number of fused-ring (bicyclic) bond motifs is 11. The van der Waals surface area contributed by atoms with E-state index < -0.39 is 8.07 Å². The molecule has 0 unspecified atom stereocenters. The third kappa shape index (κ3) is 4.16. The Morgan fingerprint density at radius 1 is 0.481 bits per heavy atom. The lowest BCUT2D eigenvalue weighted by molar-refractivity contribution is 0.669. The van der Waals surface area contributed by atoms with Gasteiger partial charge in [0.15, 0.2) is 0 Å². The number of anilines is 3. The summed E-state index contributed by atoms with van der Waals surface area (Å²) < 4.78 is 9.18. The molecule has 0 N–H and O–H groups in total. The maximum atomic E-state index is 6.49. The maximum Gasteiger partial charge on any atom is 0.137 e. The molecule has 2 nitrogen and oxygen atoms in total. The Bertz CT molecular complexity index is 3050. The van der Waals surface area contributed by atoms with Crippen molar-refractivity contribution in [2.45, 2.75) is 13.1 Å². The molecule has 8 aromatic carbocycles. The second kappa shape index (κ2) is 11.0. The van der Waals surface area contributed by atoms with E-state index in [0.29, 0.717) is 0 Å². The molecule has 2 aromatic heterocycles. The number of thiophene rings is 1. The molecule has 0 radical (unpaired) electrons. The molecule has 0 spiro atoms. The fraction of sp³-hybridized carbons (Fsp3) is 0.0417. The van der Waals surface area contributed by atoms with Crippen LogP contribution in [0.2, 0.25) is 13.1 Å². The van der Waals surface area contributed by atoms with Crippen molar-refractivity contribution in [2.75, 3.05) is 4.90 Å². The summed E-state index contributed by atoms with van der Waals surface area (Å²) >= 11 is 1.90. The summed E-state index contributed by atoms with van der Waals surface area (Å²) in [6.07, 6.45) is 0. The van der Waals surface area contributed by atoms with Gasteiger partial charge in [-0.15, -0.1) is 11.3 Å². The van der Waals surface area contributed by atoms with Crippen LogP contribution in [-0.4, -0.2) is 8.07 Å². The summed E-state index contributed by atoms with van der Waals surface area (Å²) in [6.45, 7) is 5.05. The lowest BCUT2D eigenvalue weighted by atomic mass is 9.96. The van der Waals surface area contributed by atoms with Crippen LogP contribution in [0.15, 0.2) is 168 Å². The molecule has 1 aliphatic rings. The first-order chi connectivity index (χ1) is 25.6. The van der Waals surface area contributed by atoms with Crippen LogP contribution in [0.1, 0.15) is 0 Å². The Labute approximate surface area is 306 Å². The first kappa shape index (κ1) is 29.8. The van der Waals surface area contributed by atoms with E-state index in [0.717, 1.165) is 33.3 Å². The standard InChI is InChI=1S/C48H33NOSSi/c1-52(2)43-23-11-19-38(47(43)48-44(52)29-28-42-46(48)36-16-6-8-22-41(36)51-42)49(37-18-10-21-40-45(37)35-15-5-7-20-39(35)50-40)32-26-24-31(25-27-32)34-17-9-13-30-12-3-4-14-33(30)34/h3-29H,1-2H3. The Balaban J connectivity index is 1.21. The Morgan fingerprint density at radius 3 is 2.04 bits per heavy atom. The van der Waals surface area contributed by atoms with Crippen LogP contribution < -0.4 is 15.3 Å². The molecule has 0 aliphatic carbocycles. The summed E-state index contributed by atoms with van der Waals surface area (Å²) in [5, 5.41) is 10.5. The summed E-state index contributed by atoms with van der Waals surface area (Å²) in [5.74, 6) is 0. The van der Waals surface area contributed by atoms with Crippen molar-refractivity contribution in [1.82, 2.24) is 0 Å². The molecule has 0 bridgehead atoms. The van der Waals surface area contributed by atoms with Crippen LogP contribution in [0, 0.1) is 0 Å². The van der Waals surface area contributed by atoms with Gasteiger partial charge in [-0.2, -0.15) is 0 Å². The summed E-state index contributed by atoms with van der Waals surface area (Å²) in [4.78, 5) is 2.50. The monoisotopic (exact) mass is 699 g/mol. The third-order valence-corrected chi connectivity index (χ3v) is 15.9. The van der Waals surface area contributed by atoms with E-state index in [1.807, 2.05) is 11.3 Å². The number of benzene rings is 8. The zero-order valence-corrected chi connectivity index (χ0v) is 30.7. The van der Waals surface area contributed by atoms with Crippen molar-refractivity contribution in [2.24, 2.45) is 0 Å². The smallest absolute Gasteiger partial charge is 0.137 e. The predicted molar refractivity (Wildman–Crippen MR) is 226 cm³/mol. The minimum absolute atomic E-state index is 0.893. The molecule has 3 heterocycles. The molecule has 11 rings (SSSR count). The lowest BCUT2D eigenvalue weighted by Gasteiger charge is -2.29. The molecule has 246 valence electrons. The van der Waals surface area contributed by atoms with Crippen molar-refractivity contribution in [3.8, 4) is 22.3 Å². The van der Waals surface area contributed by atoms with E-state index in [2.05, 4.69) is 182 Å². The molecular weight excluding hydrogens is 667 g/mol. The maximum absolute atomic E-state index is 6.49. The van der Waals surface area contributed by atoms with Gasteiger partial charge in [0, 0.05) is 36.8 Å². The minimum Gasteiger partial charge on any atom is -0.456 e. The van der Waals surface area contributed by atoms with E-state index in [-0.39, 0.29) is 0 Å². The van der Waals surface area contributed by atoms with Gasteiger partial charge in [-0.1, -0.05) is 128 Å². The van der Waals surface area contributed by atoms with Gasteiger partial charge in [-0.3, -0.25) is 0 Å². The molecule has 0 fully saturated rings. The van der Waals surface area contributed by atoms with Gasteiger partial charge >= 0.3 is 0 Å². The highest BCUT2D eigenvalue weighted by molar-refractivity contribution is 7.26. The van der Waals surface area contributed by atoms with Crippen LogP contribution in [0.25, 0.3) is 75.1 Å². The highest BCUT2D eigenvalue weighted by Crippen LogP contribution is 2.50. The van der Waals surface area contributed by atoms with Crippen LogP contribution in [0.5, 0.6) is 0 Å². The fourth-order valence-electron chi connectivity index (χ4n) is 8.87. The summed E-state index contributed by atoms with van der Waals surface area (Å²) in [7, 11) is -2.04. The Morgan fingerprint density at radius 2 is 1.15 bits per heavy atom. The molecule has 1 aliphatic heterocycles. The number of hydrogen-bond donors (Lipinski definition) is 0. The normalized spacial score (nSPS) is 13.3. The first-order valence-corrected chi connectivity index (χ1v) is 21.7. The van der Waals surface area contributed by atoms with Crippen LogP contribution in [0.4, 0.5) is 17.1 Å². The van der Waals surface area contributed by atoms with Crippen molar-refractivity contribution in [3.05, 3.63) is 164 Å². The van der Waals surface area contributed by atoms with Crippen molar-refractivity contribution in [1.29, 1.82) is 0 Å². The number of furan rings is 1. The number of para-hydroxylation sites is 1. The predicted octanol–water partition coefficient (Wildman–Crippen LogP) is 13.0. The lowest BCUT2D eigenvalue weighted by Crippen LogP contribution is -2.49. The number of hydrogen-bond acceptors (Lipinski definition) is 3. The van der Waals surface area contributed by atoms with Crippen molar-refractivity contribution >= 4 is 99.7 Å². The van der Waals surface area contributed by atoms with E-state index in [4.69, 9.17) is 4.42 Å². The second-order valence-electron chi connectivity index (χ2n) is 14.4. The summed E-state index contributed by atoms with van der Waals surface area (Å²) in [6, 6.07) is 60.1. The Hall–Kier alpha value is -5.94. The number of rotatable bonds is 4. The molecule has 0 saturated heterocycles. The van der Waals surface area contributed by atoms with Gasteiger partial charge in [-0.25, -0.2) is 0 Å². The third-order valence-electron chi connectivity index (χ3n) is 11.3. The molecule has 0 saturated carbocycles. The van der Waals surface area contributed by atoms with Crippen LogP contribution in [-0.2, 0) is 0 Å². The number of nitrogens with zero attached hydrogens (tertiary/aromatic N) is 1. The van der Waals surface area contributed by atoms with Crippen molar-refractivity contribution < 1.29 is 4.42 Å². The quantitative estimate of drug-likeness (QED) is 0.170. The first-order valence-electron chi connectivity index (χ1n) is 17.9. The van der Waals surface area contributed by atoms with Gasteiger partial charge < -0.3 is 9.32 Å². The van der Waals surface area contributed by atoms with Gasteiger partial charge in [0.1, 0.15) is 19.2 Å². The van der Waals surface area contributed by atoms with Gasteiger partial charge in [0.2, 0.25) is 0 Å². The highest BCUT2D eigenvalue weighted by atomic mass is 32.1. The highest BCUT2D eigenvalue weighted by Gasteiger charge is 2.41. The Kier molecular flexibility index (Phi) is 6.31. The average Bonchev–Trinajstić information content (AvgIpc) is 3.83. The molecule has 52 heavy (non-hydrogen) atoms. The summed E-state index contributed by atoms with van der Waals surface area (Å²) in [5.41, 5.74) is 10.5. The zero-order valence-electron chi connectivity index (χ0n) is 28.9. The molecule has 0 atom stereocenters. The van der Waals surface area contributed by atoms with Gasteiger partial charge in [0.25, 0.3) is 0 Å². The van der Waals surface area contributed by atoms with Gasteiger partial charge in [-0.05, 0) is 86.4 Å². The van der Waals surface area contributed by atoms with E-state index >= 15 is 0 Å². The molecular formula is C48H33NOSSi. The SMILES string of the molecule is C[Si]1(C)c2cccc(N(c3ccc(-c4cccc5ccccc45)cc3)c3cccc4oc5ccccc5c34)c2-c2c1ccc1sc3ccccc3c21. The largest absolute Gasteiger partial charge is 0.456 e. The topological polar surface area (TPSA) is 16.4 Å². The fourth-order valence-corrected chi connectivity index (χ4v) is 13.0. The minimum atomic E-state index is -2.04. The van der Waals surface area contributed by atoms with E-state index in [1.54, 1.807) is 0 Å². The van der Waals surface area contributed by atoms with Crippen molar-refractivity contribution in [3.63, 3.8) is 0 Å². The zero-order chi connectivity index (χ0) is 34.6. The molecule has 0 amide bonds. The second-order valence-corrected chi connectivity index (χ2v) is 19.9. The molecule has 10 aromatic rings. The van der Waals surface area contributed by atoms with Crippen LogP contribution >= 0.6 is 11.3 Å². The average molecular weight is 700 g/mol. The molecule has 4 heteroatoms. The van der Waals surface area contributed by atoms with E-state index in [1.165, 1.54) is 69.3 Å². The van der Waals surface area contributed by atoms with E-state index in [9.17, 15) is 0 Å². The van der Waals surface area contributed by atoms with Crippen LogP contribution in [0.3, 0.4) is 0 Å². The van der Waals surface area contributed by atoms with Gasteiger partial charge in [0.05, 0.1) is 16.8 Å².